The van der Waals surface area contributed by atoms with Crippen LogP contribution in [0.5, 0.6) is 5.75 Å². The summed E-state index contributed by atoms with van der Waals surface area (Å²) in [7, 11) is 1.60. The third-order valence-corrected chi connectivity index (χ3v) is 2.42. The van der Waals surface area contributed by atoms with E-state index in [4.69, 9.17) is 22.1 Å². The highest BCUT2D eigenvalue weighted by Gasteiger charge is 1.99. The number of aliphatic hydroxyl groups is 1. The summed E-state index contributed by atoms with van der Waals surface area (Å²) in [6, 6.07) is 7.30. The minimum atomic E-state index is -0.328. The third-order valence-electron chi connectivity index (χ3n) is 2.18. The molecule has 0 saturated heterocycles. The van der Waals surface area contributed by atoms with Gasteiger partial charge in [0.25, 0.3) is 0 Å². The second-order valence-corrected chi connectivity index (χ2v) is 3.98. The van der Waals surface area contributed by atoms with Gasteiger partial charge in [0.1, 0.15) is 5.75 Å². The van der Waals surface area contributed by atoms with Gasteiger partial charge in [0, 0.05) is 12.6 Å². The molecule has 1 amide bonds. The zero-order chi connectivity index (χ0) is 14.1. The molecular weight excluding hydrogens is 264 g/mol. The van der Waals surface area contributed by atoms with Gasteiger partial charge < -0.3 is 15.2 Å². The molecule has 0 aliphatic carbocycles. The van der Waals surface area contributed by atoms with E-state index < -0.39 is 0 Å². The maximum Gasteiger partial charge on any atom is 0.250 e. The van der Waals surface area contributed by atoms with Crippen molar-refractivity contribution in [3.63, 3.8) is 0 Å². The largest absolute Gasteiger partial charge is 0.497 e. The van der Waals surface area contributed by atoms with Crippen molar-refractivity contribution in [2.75, 3.05) is 20.3 Å². The van der Waals surface area contributed by atoms with E-state index in [2.05, 4.69) is 10.6 Å². The van der Waals surface area contributed by atoms with Gasteiger partial charge in [-0.05, 0) is 36.0 Å². The summed E-state index contributed by atoms with van der Waals surface area (Å²) in [5.74, 6) is 0.433. The van der Waals surface area contributed by atoms with E-state index in [1.165, 1.54) is 6.08 Å². The molecule has 0 fully saturated rings. The first-order valence-corrected chi connectivity index (χ1v) is 6.08. The predicted molar refractivity (Wildman–Crippen MR) is 77.9 cm³/mol. The van der Waals surface area contributed by atoms with E-state index >= 15 is 0 Å². The van der Waals surface area contributed by atoms with Gasteiger partial charge in [0.2, 0.25) is 5.91 Å². The average Bonchev–Trinajstić information content (AvgIpc) is 2.43. The molecular formula is C13H16N2O3S. The molecule has 0 saturated carbocycles. The van der Waals surface area contributed by atoms with Gasteiger partial charge in [-0.3, -0.25) is 10.1 Å². The third kappa shape index (κ3) is 5.98. The maximum absolute atomic E-state index is 11.5. The Bertz CT molecular complexity index is 457. The lowest BCUT2D eigenvalue weighted by Crippen LogP contribution is -2.39. The van der Waals surface area contributed by atoms with Crippen LogP contribution in [-0.4, -0.2) is 36.4 Å². The Labute approximate surface area is 117 Å². The molecule has 6 heteroatoms. The minimum Gasteiger partial charge on any atom is -0.497 e. The monoisotopic (exact) mass is 280 g/mol. The second kappa shape index (κ2) is 8.23. The minimum absolute atomic E-state index is 0.0440. The van der Waals surface area contributed by atoms with Crippen LogP contribution >= 0.6 is 12.2 Å². The molecule has 0 heterocycles. The van der Waals surface area contributed by atoms with E-state index in [1.807, 2.05) is 24.3 Å². The van der Waals surface area contributed by atoms with E-state index in [1.54, 1.807) is 13.2 Å². The zero-order valence-corrected chi connectivity index (χ0v) is 11.4. The smallest absolute Gasteiger partial charge is 0.250 e. The Hall–Kier alpha value is -1.92. The van der Waals surface area contributed by atoms with Gasteiger partial charge in [-0.15, -0.1) is 0 Å². The molecule has 19 heavy (non-hydrogen) atoms. The second-order valence-electron chi connectivity index (χ2n) is 3.58. The number of rotatable bonds is 5. The van der Waals surface area contributed by atoms with Crippen LogP contribution in [0.1, 0.15) is 5.56 Å². The van der Waals surface area contributed by atoms with Crippen LogP contribution < -0.4 is 15.4 Å². The molecule has 0 atom stereocenters. The lowest BCUT2D eigenvalue weighted by atomic mass is 10.2. The van der Waals surface area contributed by atoms with Crippen molar-refractivity contribution in [2.24, 2.45) is 0 Å². The first kappa shape index (κ1) is 15.1. The fraction of sp³-hybridized carbons (Fsp3) is 0.231. The van der Waals surface area contributed by atoms with Crippen molar-refractivity contribution >= 4 is 29.3 Å². The van der Waals surface area contributed by atoms with Crippen molar-refractivity contribution in [2.45, 2.75) is 0 Å². The Morgan fingerprint density at radius 3 is 2.68 bits per heavy atom. The molecule has 0 aliphatic rings. The highest BCUT2D eigenvalue weighted by Crippen LogP contribution is 2.11. The van der Waals surface area contributed by atoms with Crippen molar-refractivity contribution in [1.82, 2.24) is 10.6 Å². The quantitative estimate of drug-likeness (QED) is 0.547. The Morgan fingerprint density at radius 1 is 1.42 bits per heavy atom. The molecule has 1 rings (SSSR count). The molecule has 5 nitrogen and oxygen atoms in total. The van der Waals surface area contributed by atoms with E-state index in [-0.39, 0.29) is 17.6 Å². The summed E-state index contributed by atoms with van der Waals surface area (Å²) in [5, 5.41) is 13.9. The van der Waals surface area contributed by atoms with E-state index in [9.17, 15) is 4.79 Å². The Balaban J connectivity index is 2.46. The molecule has 0 aromatic heterocycles. The fourth-order valence-corrected chi connectivity index (χ4v) is 1.46. The number of carbonyl (C=O) groups excluding carboxylic acids is 1. The van der Waals surface area contributed by atoms with Crippen LogP contribution in [0, 0.1) is 0 Å². The van der Waals surface area contributed by atoms with Gasteiger partial charge in [0.15, 0.2) is 5.11 Å². The molecule has 102 valence electrons. The normalized spacial score (nSPS) is 10.2. The summed E-state index contributed by atoms with van der Waals surface area (Å²) >= 11 is 4.85. The van der Waals surface area contributed by atoms with Crippen molar-refractivity contribution in [1.29, 1.82) is 0 Å². The number of nitrogens with one attached hydrogen (secondary N) is 2. The van der Waals surface area contributed by atoms with Crippen LogP contribution in [0.15, 0.2) is 30.3 Å². The number of ether oxygens (including phenoxy) is 1. The molecule has 1 aromatic carbocycles. The van der Waals surface area contributed by atoms with E-state index in [0.717, 1.165) is 11.3 Å². The molecule has 3 N–H and O–H groups in total. The number of thiocarbonyl (C=S) groups is 1. The first-order chi connectivity index (χ1) is 9.15. The lowest BCUT2D eigenvalue weighted by Gasteiger charge is -2.05. The molecule has 1 aromatic rings. The summed E-state index contributed by atoms with van der Waals surface area (Å²) in [5.41, 5.74) is 0.880. The van der Waals surface area contributed by atoms with Gasteiger partial charge in [-0.25, -0.2) is 0 Å². The Morgan fingerprint density at radius 2 is 2.11 bits per heavy atom. The summed E-state index contributed by atoms with van der Waals surface area (Å²) in [4.78, 5) is 11.5. The first-order valence-electron chi connectivity index (χ1n) is 5.67. The van der Waals surface area contributed by atoms with Gasteiger partial charge in [0.05, 0.1) is 13.7 Å². The highest BCUT2D eigenvalue weighted by molar-refractivity contribution is 7.80. The van der Waals surface area contributed by atoms with E-state index in [0.29, 0.717) is 6.54 Å². The number of carbonyl (C=O) groups is 1. The topological polar surface area (TPSA) is 70.6 Å². The van der Waals surface area contributed by atoms with Crippen molar-refractivity contribution < 1.29 is 14.6 Å². The summed E-state index contributed by atoms with van der Waals surface area (Å²) < 4.78 is 5.04. The standard InChI is InChI=1S/C13H16N2O3S/c1-18-11-5-2-10(3-6-11)4-7-12(17)15-13(19)14-8-9-16/h2-7,16H,8-9H2,1H3,(H2,14,15,17,19). The van der Waals surface area contributed by atoms with Crippen LogP contribution in [0.25, 0.3) is 6.08 Å². The average molecular weight is 280 g/mol. The summed E-state index contributed by atoms with van der Waals surface area (Å²) in [6.07, 6.45) is 3.05. The molecule has 0 radical (unpaired) electrons. The zero-order valence-electron chi connectivity index (χ0n) is 10.6. The maximum atomic E-state index is 11.5. The molecule has 0 unspecified atom stereocenters. The number of benzene rings is 1. The predicted octanol–water partition coefficient (Wildman–Crippen LogP) is 0.691. The van der Waals surface area contributed by atoms with Crippen LogP contribution in [0.3, 0.4) is 0 Å². The molecule has 0 bridgehead atoms. The molecule has 0 aliphatic heterocycles. The van der Waals surface area contributed by atoms with Crippen LogP contribution in [-0.2, 0) is 4.79 Å². The van der Waals surface area contributed by atoms with Crippen LogP contribution in [0.2, 0.25) is 0 Å². The number of methoxy groups -OCH3 is 1. The SMILES string of the molecule is COc1ccc(C=CC(=O)NC(=S)NCCO)cc1. The number of hydrogen-bond donors (Lipinski definition) is 3. The van der Waals surface area contributed by atoms with Gasteiger partial charge in [-0.1, -0.05) is 12.1 Å². The number of hydrogen-bond acceptors (Lipinski definition) is 4. The fourth-order valence-electron chi connectivity index (χ4n) is 1.25. The van der Waals surface area contributed by atoms with Crippen molar-refractivity contribution in [3.05, 3.63) is 35.9 Å². The van der Waals surface area contributed by atoms with Crippen molar-refractivity contribution in [3.8, 4) is 5.75 Å². The number of amides is 1. The van der Waals surface area contributed by atoms with Gasteiger partial charge >= 0.3 is 0 Å². The van der Waals surface area contributed by atoms with Gasteiger partial charge in [-0.2, -0.15) is 0 Å². The lowest BCUT2D eigenvalue weighted by molar-refractivity contribution is -0.115. The Kier molecular flexibility index (Phi) is 6.56. The summed E-state index contributed by atoms with van der Waals surface area (Å²) in [6.45, 7) is 0.263. The molecule has 0 spiro atoms. The number of aliphatic hydroxyl groups excluding tert-OH is 1. The highest BCUT2D eigenvalue weighted by atomic mass is 32.1. The van der Waals surface area contributed by atoms with Crippen LogP contribution in [0.4, 0.5) is 0 Å².